The lowest BCUT2D eigenvalue weighted by molar-refractivity contribution is 0.175. The van der Waals surface area contributed by atoms with Gasteiger partial charge >= 0.3 is 0 Å². The summed E-state index contributed by atoms with van der Waals surface area (Å²) in [6.07, 6.45) is 6.11. The average molecular weight is 272 g/mol. The molecule has 1 atom stereocenters. The predicted octanol–water partition coefficient (Wildman–Crippen LogP) is 3.40. The van der Waals surface area contributed by atoms with Crippen LogP contribution in [0.15, 0.2) is 24.3 Å². The molecule has 2 aromatic rings. The number of hydrogen-bond donors (Lipinski definition) is 1. The number of para-hydroxylation sites is 1. The standard InChI is InChI=1S/C17H24N2O/c1-2-19-17-10-6-5-9-15(17)16(18-19)11-14(12-20)13-7-3-4-8-13/h5-6,9-10,13-14,20H,2-4,7-8,11-12H2,1H3. The van der Waals surface area contributed by atoms with Gasteiger partial charge in [-0.3, -0.25) is 4.68 Å². The maximum atomic E-state index is 9.75. The molecule has 3 heteroatoms. The van der Waals surface area contributed by atoms with Crippen LogP contribution < -0.4 is 0 Å². The van der Waals surface area contributed by atoms with Gasteiger partial charge in [0, 0.05) is 18.5 Å². The molecule has 1 heterocycles. The summed E-state index contributed by atoms with van der Waals surface area (Å²) in [4.78, 5) is 0. The van der Waals surface area contributed by atoms with E-state index in [0.29, 0.717) is 11.8 Å². The van der Waals surface area contributed by atoms with Crippen LogP contribution in [0, 0.1) is 11.8 Å². The van der Waals surface area contributed by atoms with Crippen LogP contribution in [0.3, 0.4) is 0 Å². The summed E-state index contributed by atoms with van der Waals surface area (Å²) in [5.41, 5.74) is 2.38. The Morgan fingerprint density at radius 3 is 2.75 bits per heavy atom. The van der Waals surface area contributed by atoms with Gasteiger partial charge in [-0.1, -0.05) is 43.9 Å². The second kappa shape index (κ2) is 5.96. The van der Waals surface area contributed by atoms with Crippen molar-refractivity contribution >= 4 is 10.9 Å². The molecule has 0 bridgehead atoms. The fourth-order valence-electron chi connectivity index (χ4n) is 3.65. The summed E-state index contributed by atoms with van der Waals surface area (Å²) in [6, 6.07) is 8.45. The van der Waals surface area contributed by atoms with E-state index in [1.54, 1.807) is 0 Å². The van der Waals surface area contributed by atoms with Crippen LogP contribution in [0.4, 0.5) is 0 Å². The van der Waals surface area contributed by atoms with Gasteiger partial charge in [-0.15, -0.1) is 0 Å². The van der Waals surface area contributed by atoms with Crippen molar-refractivity contribution in [2.75, 3.05) is 6.61 Å². The van der Waals surface area contributed by atoms with Crippen LogP contribution in [-0.4, -0.2) is 21.5 Å². The molecular formula is C17H24N2O. The van der Waals surface area contributed by atoms with Gasteiger partial charge in [0.1, 0.15) is 0 Å². The topological polar surface area (TPSA) is 38.0 Å². The van der Waals surface area contributed by atoms with Gasteiger partial charge in [-0.2, -0.15) is 5.10 Å². The van der Waals surface area contributed by atoms with Crippen LogP contribution in [-0.2, 0) is 13.0 Å². The first-order valence-electron chi connectivity index (χ1n) is 7.88. The highest BCUT2D eigenvalue weighted by molar-refractivity contribution is 5.81. The third-order valence-electron chi connectivity index (χ3n) is 4.79. The lowest BCUT2D eigenvalue weighted by atomic mass is 9.87. The average Bonchev–Trinajstić information content (AvgIpc) is 3.13. The SMILES string of the molecule is CCn1nc(CC(CO)C2CCCC2)c2ccccc21. The number of aromatic nitrogens is 2. The van der Waals surface area contributed by atoms with Crippen molar-refractivity contribution in [1.29, 1.82) is 0 Å². The number of fused-ring (bicyclic) bond motifs is 1. The quantitative estimate of drug-likeness (QED) is 0.906. The summed E-state index contributed by atoms with van der Waals surface area (Å²) < 4.78 is 2.08. The van der Waals surface area contributed by atoms with E-state index in [9.17, 15) is 5.11 Å². The smallest absolute Gasteiger partial charge is 0.0707 e. The normalized spacial score (nSPS) is 17.9. The Morgan fingerprint density at radius 1 is 1.30 bits per heavy atom. The molecule has 1 unspecified atom stereocenters. The fourth-order valence-corrected chi connectivity index (χ4v) is 3.65. The molecule has 3 rings (SSSR count). The molecule has 108 valence electrons. The Morgan fingerprint density at radius 2 is 2.05 bits per heavy atom. The van der Waals surface area contributed by atoms with Gasteiger partial charge in [0.25, 0.3) is 0 Å². The van der Waals surface area contributed by atoms with Gasteiger partial charge in [0.15, 0.2) is 0 Å². The zero-order chi connectivity index (χ0) is 13.9. The molecule has 20 heavy (non-hydrogen) atoms. The predicted molar refractivity (Wildman–Crippen MR) is 81.6 cm³/mol. The lowest BCUT2D eigenvalue weighted by Crippen LogP contribution is -2.19. The van der Waals surface area contributed by atoms with E-state index in [-0.39, 0.29) is 6.61 Å². The molecule has 0 amide bonds. The molecule has 1 saturated carbocycles. The minimum absolute atomic E-state index is 0.290. The lowest BCUT2D eigenvalue weighted by Gasteiger charge is -2.20. The van der Waals surface area contributed by atoms with E-state index >= 15 is 0 Å². The van der Waals surface area contributed by atoms with E-state index in [4.69, 9.17) is 5.10 Å². The number of aryl methyl sites for hydroxylation is 1. The van der Waals surface area contributed by atoms with Crippen LogP contribution in [0.5, 0.6) is 0 Å². The van der Waals surface area contributed by atoms with Crippen molar-refractivity contribution in [3.05, 3.63) is 30.0 Å². The maximum absolute atomic E-state index is 9.75. The Hall–Kier alpha value is -1.35. The Kier molecular flexibility index (Phi) is 4.06. The van der Waals surface area contributed by atoms with Crippen LogP contribution in [0.25, 0.3) is 10.9 Å². The zero-order valence-electron chi connectivity index (χ0n) is 12.3. The number of nitrogens with zero attached hydrogens (tertiary/aromatic N) is 2. The molecule has 1 aromatic heterocycles. The minimum Gasteiger partial charge on any atom is -0.396 e. The molecule has 1 fully saturated rings. The van der Waals surface area contributed by atoms with Crippen molar-refractivity contribution in [3.63, 3.8) is 0 Å². The largest absolute Gasteiger partial charge is 0.396 e. The van der Waals surface area contributed by atoms with Crippen molar-refractivity contribution in [2.45, 2.75) is 45.6 Å². The van der Waals surface area contributed by atoms with Crippen LogP contribution >= 0.6 is 0 Å². The van der Waals surface area contributed by atoms with Gasteiger partial charge in [0.2, 0.25) is 0 Å². The summed E-state index contributed by atoms with van der Waals surface area (Å²) in [7, 11) is 0. The first-order chi connectivity index (χ1) is 9.83. The van der Waals surface area contributed by atoms with Crippen molar-refractivity contribution in [1.82, 2.24) is 9.78 Å². The van der Waals surface area contributed by atoms with Gasteiger partial charge in [-0.05, 0) is 31.2 Å². The summed E-state index contributed by atoms with van der Waals surface area (Å²) in [5.74, 6) is 1.06. The second-order valence-corrected chi connectivity index (χ2v) is 5.97. The van der Waals surface area contributed by atoms with Crippen LogP contribution in [0.1, 0.15) is 38.3 Å². The van der Waals surface area contributed by atoms with E-state index in [2.05, 4.69) is 35.9 Å². The third-order valence-corrected chi connectivity index (χ3v) is 4.79. The highest BCUT2D eigenvalue weighted by Crippen LogP contribution is 2.34. The first-order valence-corrected chi connectivity index (χ1v) is 7.88. The first kappa shape index (κ1) is 13.6. The number of rotatable bonds is 5. The fraction of sp³-hybridized carbons (Fsp3) is 0.588. The molecule has 0 spiro atoms. The van der Waals surface area contributed by atoms with Gasteiger partial charge < -0.3 is 5.11 Å². The van der Waals surface area contributed by atoms with Gasteiger partial charge in [0.05, 0.1) is 11.2 Å². The summed E-state index contributed by atoms with van der Waals surface area (Å²) >= 11 is 0. The molecule has 1 aliphatic carbocycles. The summed E-state index contributed by atoms with van der Waals surface area (Å²) in [5, 5.41) is 15.8. The highest BCUT2D eigenvalue weighted by Gasteiger charge is 2.26. The number of aliphatic hydroxyl groups is 1. The molecule has 1 aliphatic rings. The summed E-state index contributed by atoms with van der Waals surface area (Å²) in [6.45, 7) is 3.31. The molecule has 1 N–H and O–H groups in total. The number of aliphatic hydroxyl groups excluding tert-OH is 1. The van der Waals surface area contributed by atoms with E-state index < -0.39 is 0 Å². The maximum Gasteiger partial charge on any atom is 0.0707 e. The molecule has 0 radical (unpaired) electrons. The second-order valence-electron chi connectivity index (χ2n) is 5.97. The van der Waals surface area contributed by atoms with Gasteiger partial charge in [-0.25, -0.2) is 0 Å². The van der Waals surface area contributed by atoms with Crippen molar-refractivity contribution in [2.24, 2.45) is 11.8 Å². The Bertz CT molecular complexity index is 569. The Labute approximate surface area is 120 Å². The van der Waals surface area contributed by atoms with Crippen LogP contribution in [0.2, 0.25) is 0 Å². The third kappa shape index (κ3) is 2.47. The molecule has 0 aliphatic heterocycles. The van der Waals surface area contributed by atoms with E-state index in [1.165, 1.54) is 36.6 Å². The number of hydrogen-bond acceptors (Lipinski definition) is 2. The molecular weight excluding hydrogens is 248 g/mol. The highest BCUT2D eigenvalue weighted by atomic mass is 16.3. The minimum atomic E-state index is 0.290. The number of benzene rings is 1. The Balaban J connectivity index is 1.89. The molecule has 1 aromatic carbocycles. The molecule has 3 nitrogen and oxygen atoms in total. The van der Waals surface area contributed by atoms with E-state index in [0.717, 1.165) is 18.7 Å². The molecule has 0 saturated heterocycles. The van der Waals surface area contributed by atoms with Crippen molar-refractivity contribution < 1.29 is 5.11 Å². The van der Waals surface area contributed by atoms with E-state index in [1.807, 2.05) is 0 Å². The van der Waals surface area contributed by atoms with Crippen molar-refractivity contribution in [3.8, 4) is 0 Å². The monoisotopic (exact) mass is 272 g/mol. The zero-order valence-corrected chi connectivity index (χ0v) is 12.3.